The zero-order valence-corrected chi connectivity index (χ0v) is 11.3. The molecular weight excluding hydrogens is 270 g/mol. The summed E-state index contributed by atoms with van der Waals surface area (Å²) in [6.07, 6.45) is 0.727. The van der Waals surface area contributed by atoms with Gasteiger partial charge in [0.05, 0.1) is 18.8 Å². The summed E-state index contributed by atoms with van der Waals surface area (Å²) in [5.74, 6) is -4.50. The molecule has 0 bridgehead atoms. The van der Waals surface area contributed by atoms with Crippen molar-refractivity contribution in [2.24, 2.45) is 0 Å². The molecule has 1 aliphatic heterocycles. The lowest BCUT2D eigenvalue weighted by molar-refractivity contribution is -1.08. The van der Waals surface area contributed by atoms with Crippen molar-refractivity contribution in [1.29, 1.82) is 0 Å². The number of piperidine rings is 1. The minimum atomic E-state index is -2.75. The third kappa shape index (κ3) is 4.46. The topological polar surface area (TPSA) is 124 Å². The molecule has 20 heavy (non-hydrogen) atoms. The number of quaternary nitrogens is 1. The maximum absolute atomic E-state index is 11.7. The van der Waals surface area contributed by atoms with Crippen molar-refractivity contribution in [2.45, 2.75) is 37.7 Å². The fourth-order valence-electron chi connectivity index (χ4n) is 2.25. The summed E-state index contributed by atoms with van der Waals surface area (Å²) in [5.41, 5.74) is -2.75. The van der Waals surface area contributed by atoms with Crippen molar-refractivity contribution >= 4 is 17.9 Å². The molecule has 0 amide bonds. The van der Waals surface area contributed by atoms with Gasteiger partial charge in [0.25, 0.3) is 0 Å². The lowest BCUT2D eigenvalue weighted by Gasteiger charge is -2.35. The third-order valence-corrected chi connectivity index (χ3v) is 3.34. The monoisotopic (exact) mass is 289 g/mol. The van der Waals surface area contributed by atoms with Gasteiger partial charge in [0, 0.05) is 12.8 Å². The second-order valence-electron chi connectivity index (χ2n) is 5.33. The summed E-state index contributed by atoms with van der Waals surface area (Å²) in [5, 5.41) is 29.1. The molecule has 0 aliphatic carbocycles. The predicted molar refractivity (Wildman–Crippen MR) is 62.7 cm³/mol. The van der Waals surface area contributed by atoms with Gasteiger partial charge < -0.3 is 20.1 Å². The van der Waals surface area contributed by atoms with Crippen LogP contribution in [0.25, 0.3) is 0 Å². The van der Waals surface area contributed by atoms with E-state index in [9.17, 15) is 24.6 Å². The number of rotatable bonds is 6. The fourth-order valence-corrected chi connectivity index (χ4v) is 2.25. The Morgan fingerprint density at radius 3 is 2.20 bits per heavy atom. The van der Waals surface area contributed by atoms with E-state index in [-0.39, 0.29) is 4.65 Å². The van der Waals surface area contributed by atoms with Gasteiger partial charge in [0.2, 0.25) is 0 Å². The molecule has 0 aromatic heterocycles. The lowest BCUT2D eigenvalue weighted by atomic mass is 9.96. The lowest BCUT2D eigenvalue weighted by Crippen LogP contribution is -2.54. The molecule has 0 radical (unpaired) electrons. The predicted octanol–water partition coefficient (Wildman–Crippen LogP) is -1.58. The van der Waals surface area contributed by atoms with Crippen molar-refractivity contribution in [3.63, 3.8) is 0 Å². The van der Waals surface area contributed by atoms with Crippen LogP contribution in [-0.4, -0.2) is 58.5 Å². The quantitative estimate of drug-likeness (QED) is 0.565. The Morgan fingerprint density at radius 2 is 1.75 bits per heavy atom. The summed E-state index contributed by atoms with van der Waals surface area (Å²) in [7, 11) is 1.69. The van der Waals surface area contributed by atoms with Gasteiger partial charge in [-0.1, -0.05) is 0 Å². The second-order valence-corrected chi connectivity index (χ2v) is 5.33. The molecule has 8 nitrogen and oxygen atoms in total. The molecule has 114 valence electrons. The molecule has 1 aliphatic rings. The number of carboxylic acids is 2. The summed E-state index contributed by atoms with van der Waals surface area (Å²) in [6, 6.07) is 0. The number of hydrogen-bond donors (Lipinski definition) is 2. The van der Waals surface area contributed by atoms with E-state index in [1.807, 2.05) is 0 Å². The van der Waals surface area contributed by atoms with Gasteiger partial charge in [0.15, 0.2) is 0 Å². The van der Waals surface area contributed by atoms with E-state index in [4.69, 9.17) is 9.94 Å². The smallest absolute Gasteiger partial charge is 0.369 e. The Bertz CT molecular complexity index is 403. The van der Waals surface area contributed by atoms with E-state index in [1.54, 1.807) is 7.05 Å². The molecule has 8 heteroatoms. The van der Waals surface area contributed by atoms with Crippen molar-refractivity contribution in [3.05, 3.63) is 0 Å². The average molecular weight is 289 g/mol. The number of hydroxylamine groups is 3. The molecular formula is C12H19NO7. The van der Waals surface area contributed by atoms with Crippen LogP contribution >= 0.6 is 0 Å². The van der Waals surface area contributed by atoms with E-state index in [2.05, 4.69) is 0 Å². The molecule has 0 aromatic carbocycles. The van der Waals surface area contributed by atoms with E-state index < -0.39 is 36.4 Å². The Morgan fingerprint density at radius 1 is 1.20 bits per heavy atom. The van der Waals surface area contributed by atoms with Crippen molar-refractivity contribution in [3.8, 4) is 0 Å². The number of aliphatic hydroxyl groups is 1. The number of aliphatic carboxylic acids is 2. The SMILES string of the molecule is C[N+]1(OC(=O)CC(O)(CC(=O)O)C(=O)[O-])CCCCC1. The first kappa shape index (κ1) is 16.4. The fraction of sp³-hybridized carbons (Fsp3) is 0.750. The molecule has 1 rings (SSSR count). The summed E-state index contributed by atoms with van der Waals surface area (Å²) < 4.78 is 0.00896. The van der Waals surface area contributed by atoms with Crippen molar-refractivity contribution in [2.75, 3.05) is 20.1 Å². The summed E-state index contributed by atoms with van der Waals surface area (Å²) in [4.78, 5) is 38.3. The first-order valence-electron chi connectivity index (χ1n) is 6.39. The minimum absolute atomic E-state index is 0.00896. The highest BCUT2D eigenvalue weighted by Crippen LogP contribution is 2.21. The van der Waals surface area contributed by atoms with Crippen LogP contribution in [0.4, 0.5) is 0 Å². The van der Waals surface area contributed by atoms with Crippen LogP contribution in [-0.2, 0) is 19.2 Å². The summed E-state index contributed by atoms with van der Waals surface area (Å²) >= 11 is 0. The molecule has 0 aromatic rings. The second kappa shape index (κ2) is 6.19. The van der Waals surface area contributed by atoms with Crippen molar-refractivity contribution in [1.82, 2.24) is 0 Å². The van der Waals surface area contributed by atoms with E-state index in [1.165, 1.54) is 0 Å². The standard InChI is InChI=1S/C12H19NO7/c1-13(5-3-2-4-6-13)20-10(16)8-12(19,11(17)18)7-9(14)15/h19H,2-8H2,1H3,(H-,14,15,17,18). The van der Waals surface area contributed by atoms with Gasteiger partial charge in [-0.05, 0) is 6.42 Å². The van der Waals surface area contributed by atoms with Crippen LogP contribution in [0, 0.1) is 0 Å². The summed E-state index contributed by atoms with van der Waals surface area (Å²) in [6.45, 7) is 1.21. The van der Waals surface area contributed by atoms with Gasteiger partial charge >= 0.3 is 11.9 Å². The van der Waals surface area contributed by atoms with Gasteiger partial charge in [-0.15, -0.1) is 4.65 Å². The number of carbonyl (C=O) groups is 3. The molecule has 0 spiro atoms. The highest BCUT2D eigenvalue weighted by Gasteiger charge is 2.39. The van der Waals surface area contributed by atoms with Gasteiger partial charge in [0.1, 0.15) is 25.7 Å². The molecule has 1 atom stereocenters. The van der Waals surface area contributed by atoms with Gasteiger partial charge in [-0.25, -0.2) is 4.79 Å². The molecule has 1 saturated heterocycles. The van der Waals surface area contributed by atoms with Crippen molar-refractivity contribution < 1.29 is 39.2 Å². The van der Waals surface area contributed by atoms with Crippen LogP contribution in [0.1, 0.15) is 32.1 Å². The number of nitrogens with zero attached hydrogens (tertiary/aromatic N) is 1. The molecule has 1 heterocycles. The average Bonchev–Trinajstić information content (AvgIpc) is 2.27. The van der Waals surface area contributed by atoms with Crippen LogP contribution < -0.4 is 5.11 Å². The Balaban J connectivity index is 2.66. The van der Waals surface area contributed by atoms with Crippen LogP contribution in [0.5, 0.6) is 0 Å². The zero-order chi connectivity index (χ0) is 15.4. The van der Waals surface area contributed by atoms with Crippen LogP contribution in [0.3, 0.4) is 0 Å². The molecule has 1 unspecified atom stereocenters. The van der Waals surface area contributed by atoms with E-state index in [0.717, 1.165) is 19.3 Å². The maximum Gasteiger partial charge on any atom is 0.369 e. The third-order valence-electron chi connectivity index (χ3n) is 3.34. The first-order valence-corrected chi connectivity index (χ1v) is 6.39. The Hall–Kier alpha value is -1.67. The zero-order valence-electron chi connectivity index (χ0n) is 11.3. The molecule has 2 N–H and O–H groups in total. The largest absolute Gasteiger partial charge is 0.547 e. The minimum Gasteiger partial charge on any atom is -0.547 e. The molecule has 1 fully saturated rings. The molecule has 0 saturated carbocycles. The highest BCUT2D eigenvalue weighted by molar-refractivity contribution is 5.87. The normalized spacial score (nSPS) is 20.7. The highest BCUT2D eigenvalue weighted by atomic mass is 16.7. The number of carboxylic acid groups (broad SMARTS) is 2. The van der Waals surface area contributed by atoms with Crippen LogP contribution in [0.2, 0.25) is 0 Å². The Kier molecular flexibility index (Phi) is 5.07. The van der Waals surface area contributed by atoms with E-state index >= 15 is 0 Å². The van der Waals surface area contributed by atoms with Crippen LogP contribution in [0.15, 0.2) is 0 Å². The first-order chi connectivity index (χ1) is 9.17. The Labute approximate surface area is 116 Å². The number of hydrogen-bond acceptors (Lipinski definition) is 6. The van der Waals surface area contributed by atoms with Gasteiger partial charge in [-0.3, -0.25) is 9.63 Å². The number of likely N-dealkylation sites (tertiary alicyclic amines) is 1. The van der Waals surface area contributed by atoms with Gasteiger partial charge in [-0.2, -0.15) is 0 Å². The maximum atomic E-state index is 11.7. The van der Waals surface area contributed by atoms with E-state index in [0.29, 0.717) is 13.1 Å². The number of carbonyl (C=O) groups excluding carboxylic acids is 2.